The van der Waals surface area contributed by atoms with Crippen LogP contribution in [0.1, 0.15) is 97.3 Å². The Morgan fingerprint density at radius 1 is 0.919 bits per heavy atom. The van der Waals surface area contributed by atoms with Gasteiger partial charge in [0.1, 0.15) is 0 Å². The largest absolute Gasteiger partial charge is 0.388 e. The molecule has 3 nitrogen and oxygen atoms in total. The molecule has 7 aliphatic carbocycles. The predicted molar refractivity (Wildman–Crippen MR) is 150 cm³/mol. The van der Waals surface area contributed by atoms with Gasteiger partial charge in [-0.1, -0.05) is 55.9 Å². The van der Waals surface area contributed by atoms with E-state index in [4.69, 9.17) is 0 Å². The van der Waals surface area contributed by atoms with Crippen LogP contribution < -0.4 is 0 Å². The molecule has 7 saturated carbocycles. The van der Waals surface area contributed by atoms with E-state index in [0.717, 1.165) is 23.3 Å². The summed E-state index contributed by atoms with van der Waals surface area (Å²) in [7, 11) is 0. The molecule has 0 aromatic rings. The lowest BCUT2D eigenvalue weighted by atomic mass is 9.48. The molecular formula is C34H50O3. The van der Waals surface area contributed by atoms with Gasteiger partial charge < -0.3 is 15.3 Å². The van der Waals surface area contributed by atoms with Crippen LogP contribution in [0, 0.1) is 46.3 Å². The molecular weight excluding hydrogens is 456 g/mol. The number of hydrogen-bond donors (Lipinski definition) is 3. The van der Waals surface area contributed by atoms with Crippen molar-refractivity contribution in [2.45, 2.75) is 116 Å². The van der Waals surface area contributed by atoms with Crippen LogP contribution >= 0.6 is 0 Å². The molecule has 0 unspecified atom stereocenters. The van der Waals surface area contributed by atoms with Crippen molar-refractivity contribution in [1.29, 1.82) is 0 Å². The molecule has 7 atom stereocenters. The lowest BCUT2D eigenvalue weighted by Crippen LogP contribution is -2.51. The Labute approximate surface area is 224 Å². The number of hydrogen-bond acceptors (Lipinski definition) is 3. The van der Waals surface area contributed by atoms with Gasteiger partial charge in [-0.15, -0.1) is 0 Å². The minimum atomic E-state index is -0.623. The molecule has 37 heavy (non-hydrogen) atoms. The van der Waals surface area contributed by atoms with Crippen molar-refractivity contribution in [1.82, 2.24) is 0 Å². The highest BCUT2D eigenvalue weighted by Gasteiger charge is 2.54. The lowest BCUT2D eigenvalue weighted by molar-refractivity contribution is -0.104. The van der Waals surface area contributed by atoms with Crippen molar-refractivity contribution < 1.29 is 15.3 Å². The Bertz CT molecular complexity index is 936. The Hall–Kier alpha value is -1.16. The van der Waals surface area contributed by atoms with Gasteiger partial charge in [-0.05, 0) is 130 Å². The van der Waals surface area contributed by atoms with E-state index in [-0.39, 0.29) is 11.5 Å². The molecule has 7 fully saturated rings. The second-order valence-electron chi connectivity index (χ2n) is 14.6. The van der Waals surface area contributed by atoms with Gasteiger partial charge in [-0.3, -0.25) is 0 Å². The second-order valence-corrected chi connectivity index (χ2v) is 14.6. The van der Waals surface area contributed by atoms with E-state index in [1.165, 1.54) is 70.6 Å². The number of aliphatic hydroxyl groups excluding tert-OH is 3. The van der Waals surface area contributed by atoms with Crippen molar-refractivity contribution in [3.63, 3.8) is 0 Å². The van der Waals surface area contributed by atoms with Crippen molar-refractivity contribution in [2.24, 2.45) is 46.3 Å². The Morgan fingerprint density at radius 2 is 1.54 bits per heavy atom. The monoisotopic (exact) mass is 506 g/mol. The standard InChI is InChI=1S/C34H50O3/c1-21(6-11-32(37)34-18-24-13-25(19-34)15-26(14-24)20-34)28-9-10-29-27(5-4-12-33(28,29)3)8-7-23-16-30(35)22(2)31(36)17-23/h6-8,11,21,24-26,28-32,35-37H,2,4-5,9-10,12-20H2,1,3H3/b11-6+,27-8+/t21-,24?,25?,26?,28-,29+,30-,31-,32-,33-,34?/m1/s1. The van der Waals surface area contributed by atoms with Gasteiger partial charge in [0.15, 0.2) is 0 Å². The maximum absolute atomic E-state index is 11.4. The average Bonchev–Trinajstić information content (AvgIpc) is 3.21. The van der Waals surface area contributed by atoms with Crippen LogP contribution in [0.5, 0.6) is 0 Å². The van der Waals surface area contributed by atoms with Crippen LogP contribution in [0.4, 0.5) is 0 Å². The van der Waals surface area contributed by atoms with E-state index in [9.17, 15) is 15.3 Å². The molecule has 0 amide bonds. The molecule has 7 rings (SSSR count). The van der Waals surface area contributed by atoms with E-state index >= 15 is 0 Å². The fourth-order valence-electron chi connectivity index (χ4n) is 10.7. The van der Waals surface area contributed by atoms with Crippen LogP contribution in [0.2, 0.25) is 0 Å². The molecule has 3 heteroatoms. The first-order valence-corrected chi connectivity index (χ1v) is 15.5. The lowest BCUT2D eigenvalue weighted by Gasteiger charge is -2.58. The van der Waals surface area contributed by atoms with Gasteiger partial charge in [-0.25, -0.2) is 0 Å². The smallest absolute Gasteiger partial charge is 0.0809 e. The highest BCUT2D eigenvalue weighted by molar-refractivity contribution is 5.30. The predicted octanol–water partition coefficient (Wildman–Crippen LogP) is 6.90. The van der Waals surface area contributed by atoms with E-state index in [2.05, 4.69) is 44.7 Å². The van der Waals surface area contributed by atoms with Gasteiger partial charge in [0.05, 0.1) is 18.3 Å². The average molecular weight is 507 g/mol. The second kappa shape index (κ2) is 9.79. The third-order valence-corrected chi connectivity index (χ3v) is 12.3. The number of fused-ring (bicyclic) bond motifs is 1. The highest BCUT2D eigenvalue weighted by Crippen LogP contribution is 2.62. The maximum atomic E-state index is 11.4. The SMILES string of the molecule is C=C1[C@H](O)CC(=C/C=C2\CCC[C@]3(C)[C@@H]([C@H](C)/C=C/[C@@H](O)C45CC6CC(CC(C6)C4)C5)CC[C@@H]23)C[C@H]1O. The summed E-state index contributed by atoms with van der Waals surface area (Å²) in [5, 5.41) is 31.9. The zero-order valence-electron chi connectivity index (χ0n) is 23.2. The van der Waals surface area contributed by atoms with Crippen molar-refractivity contribution in [3.05, 3.63) is 47.6 Å². The summed E-state index contributed by atoms with van der Waals surface area (Å²) in [4.78, 5) is 0. The molecule has 3 N–H and O–H groups in total. The molecule has 0 spiro atoms. The summed E-state index contributed by atoms with van der Waals surface area (Å²) < 4.78 is 0. The van der Waals surface area contributed by atoms with Crippen molar-refractivity contribution in [2.75, 3.05) is 0 Å². The minimum Gasteiger partial charge on any atom is -0.388 e. The molecule has 0 saturated heterocycles. The number of allylic oxidation sites excluding steroid dienone is 4. The van der Waals surface area contributed by atoms with E-state index in [1.54, 1.807) is 5.57 Å². The van der Waals surface area contributed by atoms with Crippen LogP contribution in [0.25, 0.3) is 0 Å². The summed E-state index contributed by atoms with van der Waals surface area (Å²) in [5.41, 5.74) is 3.76. The topological polar surface area (TPSA) is 60.7 Å². The zero-order valence-corrected chi connectivity index (χ0v) is 23.2. The van der Waals surface area contributed by atoms with Crippen LogP contribution in [-0.4, -0.2) is 33.6 Å². The third-order valence-electron chi connectivity index (χ3n) is 12.3. The van der Waals surface area contributed by atoms with Crippen molar-refractivity contribution >= 4 is 0 Å². The third kappa shape index (κ3) is 4.66. The van der Waals surface area contributed by atoms with Crippen LogP contribution in [0.15, 0.2) is 47.6 Å². The summed E-state index contributed by atoms with van der Waals surface area (Å²) in [6.45, 7) is 8.78. The molecule has 4 bridgehead atoms. The Kier molecular flexibility index (Phi) is 6.90. The molecule has 0 aliphatic heterocycles. The van der Waals surface area contributed by atoms with Gasteiger partial charge >= 0.3 is 0 Å². The molecule has 7 aliphatic rings. The number of rotatable bonds is 5. The van der Waals surface area contributed by atoms with Crippen molar-refractivity contribution in [3.8, 4) is 0 Å². The minimum absolute atomic E-state index is 0.175. The van der Waals surface area contributed by atoms with Gasteiger partial charge in [0.2, 0.25) is 0 Å². The Morgan fingerprint density at radius 3 is 2.16 bits per heavy atom. The molecule has 0 radical (unpaired) electrons. The van der Waals surface area contributed by atoms with E-state index in [0.29, 0.717) is 41.6 Å². The molecule has 0 aromatic heterocycles. The summed E-state index contributed by atoms with van der Waals surface area (Å²) in [5.74, 6) is 4.41. The fourth-order valence-corrected chi connectivity index (χ4v) is 10.7. The van der Waals surface area contributed by atoms with Gasteiger partial charge in [0.25, 0.3) is 0 Å². The molecule has 204 valence electrons. The summed E-state index contributed by atoms with van der Waals surface area (Å²) >= 11 is 0. The van der Waals surface area contributed by atoms with E-state index < -0.39 is 12.2 Å². The van der Waals surface area contributed by atoms with Gasteiger partial charge in [-0.2, -0.15) is 0 Å². The highest BCUT2D eigenvalue weighted by atomic mass is 16.3. The first kappa shape index (κ1) is 26.1. The summed E-state index contributed by atoms with van der Waals surface area (Å²) in [6, 6.07) is 0. The Balaban J connectivity index is 1.13. The van der Waals surface area contributed by atoms with Gasteiger partial charge in [0, 0.05) is 5.41 Å². The quantitative estimate of drug-likeness (QED) is 0.356. The first-order valence-electron chi connectivity index (χ1n) is 15.5. The number of aliphatic hydroxyl groups is 3. The molecule has 0 heterocycles. The maximum Gasteiger partial charge on any atom is 0.0809 e. The zero-order chi connectivity index (χ0) is 25.9. The van der Waals surface area contributed by atoms with E-state index in [1.807, 2.05) is 0 Å². The first-order chi connectivity index (χ1) is 17.7. The normalized spacial score (nSPS) is 48.0. The van der Waals surface area contributed by atoms with Crippen LogP contribution in [-0.2, 0) is 0 Å². The molecule has 0 aromatic carbocycles. The fraction of sp³-hybridized carbons (Fsp3) is 0.765. The summed E-state index contributed by atoms with van der Waals surface area (Å²) in [6.07, 6.45) is 23.1. The van der Waals surface area contributed by atoms with Crippen LogP contribution in [0.3, 0.4) is 0 Å².